The zero-order valence-electron chi connectivity index (χ0n) is 9.53. The van der Waals surface area contributed by atoms with Gasteiger partial charge in [0.05, 0.1) is 18.4 Å². The number of hydrogen-bond donors (Lipinski definition) is 1. The maximum Gasteiger partial charge on any atom is 0.358 e. The molecule has 6 heteroatoms. The molecule has 0 atom stereocenters. The highest BCUT2D eigenvalue weighted by Gasteiger charge is 2.10. The van der Waals surface area contributed by atoms with Crippen LogP contribution < -0.4 is 0 Å². The van der Waals surface area contributed by atoms with E-state index in [1.165, 1.54) is 30.0 Å². The number of hydrogen-bond acceptors (Lipinski definition) is 4. The van der Waals surface area contributed by atoms with Gasteiger partial charge in [0.15, 0.2) is 5.69 Å². The zero-order valence-corrected chi connectivity index (χ0v) is 9.53. The molecular formula is C12H10N2O4. The van der Waals surface area contributed by atoms with Gasteiger partial charge in [0, 0.05) is 6.20 Å². The Hall–Kier alpha value is -2.63. The van der Waals surface area contributed by atoms with Crippen LogP contribution in [0.1, 0.15) is 20.8 Å². The Morgan fingerprint density at radius 3 is 2.78 bits per heavy atom. The van der Waals surface area contributed by atoms with Crippen LogP contribution in [0.3, 0.4) is 0 Å². The summed E-state index contributed by atoms with van der Waals surface area (Å²) in [4.78, 5) is 22.1. The third kappa shape index (κ3) is 2.22. The molecule has 0 amide bonds. The van der Waals surface area contributed by atoms with E-state index >= 15 is 0 Å². The Kier molecular flexibility index (Phi) is 3.09. The van der Waals surface area contributed by atoms with E-state index in [0.717, 1.165) is 0 Å². The summed E-state index contributed by atoms with van der Waals surface area (Å²) < 4.78 is 5.95. The summed E-state index contributed by atoms with van der Waals surface area (Å²) in [6.07, 6.45) is 1.56. The number of carbonyl (C=O) groups excluding carboxylic acids is 1. The second-order valence-electron chi connectivity index (χ2n) is 3.49. The van der Waals surface area contributed by atoms with E-state index in [0.29, 0.717) is 5.69 Å². The molecular weight excluding hydrogens is 236 g/mol. The Morgan fingerprint density at radius 1 is 1.33 bits per heavy atom. The maximum absolute atomic E-state index is 11.2. The average molecular weight is 246 g/mol. The number of methoxy groups -OCH3 is 1. The van der Waals surface area contributed by atoms with Gasteiger partial charge in [-0.15, -0.1) is 0 Å². The fourth-order valence-electron chi connectivity index (χ4n) is 1.46. The van der Waals surface area contributed by atoms with Gasteiger partial charge in [0.25, 0.3) is 0 Å². The standard InChI is InChI=1S/C12H10N2O4/c1-18-12(17)10-5-6-14(13-10)9-4-2-3-8(7-9)11(15)16/h2-7H,1H3,(H,15,16). The fourth-order valence-corrected chi connectivity index (χ4v) is 1.46. The van der Waals surface area contributed by atoms with Crippen molar-refractivity contribution < 1.29 is 19.4 Å². The fraction of sp³-hybridized carbons (Fsp3) is 0.0833. The Bertz CT molecular complexity index is 604. The summed E-state index contributed by atoms with van der Waals surface area (Å²) in [5.41, 5.74) is 0.880. The van der Waals surface area contributed by atoms with Crippen molar-refractivity contribution in [3.8, 4) is 5.69 Å². The lowest BCUT2D eigenvalue weighted by Crippen LogP contribution is -2.04. The number of rotatable bonds is 3. The molecule has 18 heavy (non-hydrogen) atoms. The molecule has 2 aromatic rings. The Morgan fingerprint density at radius 2 is 2.11 bits per heavy atom. The van der Waals surface area contributed by atoms with Crippen LogP contribution >= 0.6 is 0 Å². The number of carboxylic acids is 1. The van der Waals surface area contributed by atoms with Gasteiger partial charge in [-0.1, -0.05) is 6.07 Å². The highest BCUT2D eigenvalue weighted by Crippen LogP contribution is 2.11. The monoisotopic (exact) mass is 246 g/mol. The van der Waals surface area contributed by atoms with Crippen molar-refractivity contribution in [3.63, 3.8) is 0 Å². The zero-order chi connectivity index (χ0) is 13.1. The quantitative estimate of drug-likeness (QED) is 0.827. The van der Waals surface area contributed by atoms with Gasteiger partial charge in [0.2, 0.25) is 0 Å². The SMILES string of the molecule is COC(=O)c1ccn(-c2cccc(C(=O)O)c2)n1. The van der Waals surface area contributed by atoms with Crippen molar-refractivity contribution in [2.24, 2.45) is 0 Å². The first-order valence-corrected chi connectivity index (χ1v) is 5.09. The summed E-state index contributed by atoms with van der Waals surface area (Å²) >= 11 is 0. The highest BCUT2D eigenvalue weighted by atomic mass is 16.5. The van der Waals surface area contributed by atoms with Crippen LogP contribution in [0.25, 0.3) is 5.69 Å². The van der Waals surface area contributed by atoms with Crippen molar-refractivity contribution in [1.29, 1.82) is 0 Å². The van der Waals surface area contributed by atoms with E-state index in [2.05, 4.69) is 9.84 Å². The molecule has 0 aliphatic rings. The van der Waals surface area contributed by atoms with Crippen molar-refractivity contribution >= 4 is 11.9 Å². The molecule has 2 rings (SSSR count). The molecule has 1 aromatic heterocycles. The number of carboxylic acid groups (broad SMARTS) is 1. The third-order valence-corrected chi connectivity index (χ3v) is 2.34. The normalized spacial score (nSPS) is 10.1. The number of benzene rings is 1. The number of carbonyl (C=O) groups is 2. The van der Waals surface area contributed by atoms with Gasteiger partial charge in [-0.05, 0) is 24.3 Å². The summed E-state index contributed by atoms with van der Waals surface area (Å²) in [6, 6.07) is 7.75. The molecule has 0 saturated carbocycles. The number of aromatic nitrogens is 2. The molecule has 0 radical (unpaired) electrons. The van der Waals surface area contributed by atoms with Crippen LogP contribution in [0, 0.1) is 0 Å². The minimum absolute atomic E-state index is 0.155. The molecule has 0 spiro atoms. The molecule has 0 saturated heterocycles. The molecule has 6 nitrogen and oxygen atoms in total. The topological polar surface area (TPSA) is 81.4 Å². The van der Waals surface area contributed by atoms with E-state index in [-0.39, 0.29) is 11.3 Å². The largest absolute Gasteiger partial charge is 0.478 e. The molecule has 0 fully saturated rings. The van der Waals surface area contributed by atoms with Crippen LogP contribution in [0.4, 0.5) is 0 Å². The van der Waals surface area contributed by atoms with Crippen LogP contribution in [0.2, 0.25) is 0 Å². The minimum atomic E-state index is -1.02. The van der Waals surface area contributed by atoms with Crippen LogP contribution in [-0.4, -0.2) is 33.9 Å². The van der Waals surface area contributed by atoms with Gasteiger partial charge >= 0.3 is 11.9 Å². The predicted octanol–water partition coefficient (Wildman–Crippen LogP) is 1.36. The van der Waals surface area contributed by atoms with Crippen molar-refractivity contribution in [3.05, 3.63) is 47.8 Å². The van der Waals surface area contributed by atoms with E-state index in [9.17, 15) is 9.59 Å². The van der Waals surface area contributed by atoms with E-state index in [4.69, 9.17) is 5.11 Å². The molecule has 0 aliphatic carbocycles. The van der Waals surface area contributed by atoms with Crippen molar-refractivity contribution in [2.45, 2.75) is 0 Å². The molecule has 92 valence electrons. The van der Waals surface area contributed by atoms with Crippen molar-refractivity contribution in [2.75, 3.05) is 7.11 Å². The molecule has 1 N–H and O–H groups in total. The minimum Gasteiger partial charge on any atom is -0.478 e. The van der Waals surface area contributed by atoms with Crippen LogP contribution in [0.15, 0.2) is 36.5 Å². The lowest BCUT2D eigenvalue weighted by atomic mass is 10.2. The molecule has 0 bridgehead atoms. The third-order valence-electron chi connectivity index (χ3n) is 2.34. The molecule has 1 heterocycles. The summed E-state index contributed by atoms with van der Waals surface area (Å²) in [5.74, 6) is -1.56. The van der Waals surface area contributed by atoms with Gasteiger partial charge in [-0.2, -0.15) is 5.10 Å². The smallest absolute Gasteiger partial charge is 0.358 e. The van der Waals surface area contributed by atoms with E-state index < -0.39 is 11.9 Å². The lowest BCUT2D eigenvalue weighted by molar-refractivity contribution is 0.0592. The van der Waals surface area contributed by atoms with Gasteiger partial charge < -0.3 is 9.84 Å². The summed E-state index contributed by atoms with van der Waals surface area (Å²) in [5, 5.41) is 12.9. The van der Waals surface area contributed by atoms with Crippen molar-refractivity contribution in [1.82, 2.24) is 9.78 Å². The number of ether oxygens (including phenoxy) is 1. The average Bonchev–Trinajstić information content (AvgIpc) is 2.87. The highest BCUT2D eigenvalue weighted by molar-refractivity contribution is 5.88. The van der Waals surface area contributed by atoms with Gasteiger partial charge in [-0.25, -0.2) is 14.3 Å². The molecule has 0 unspecified atom stereocenters. The van der Waals surface area contributed by atoms with Crippen LogP contribution in [-0.2, 0) is 4.74 Å². The predicted molar refractivity (Wildman–Crippen MR) is 61.9 cm³/mol. The first kappa shape index (κ1) is 11.8. The molecule has 1 aromatic carbocycles. The Labute approximate surface area is 102 Å². The summed E-state index contributed by atoms with van der Waals surface area (Å²) in [7, 11) is 1.27. The van der Waals surface area contributed by atoms with E-state index in [1.807, 2.05) is 0 Å². The van der Waals surface area contributed by atoms with Gasteiger partial charge in [-0.3, -0.25) is 0 Å². The Balaban J connectivity index is 2.37. The maximum atomic E-state index is 11.2. The second-order valence-corrected chi connectivity index (χ2v) is 3.49. The van der Waals surface area contributed by atoms with Gasteiger partial charge in [0.1, 0.15) is 0 Å². The first-order valence-electron chi connectivity index (χ1n) is 5.09. The van der Waals surface area contributed by atoms with Crippen LogP contribution in [0.5, 0.6) is 0 Å². The molecule has 0 aliphatic heterocycles. The second kappa shape index (κ2) is 4.70. The number of aromatic carboxylic acids is 1. The van der Waals surface area contributed by atoms with E-state index in [1.54, 1.807) is 18.3 Å². The number of esters is 1. The first-order chi connectivity index (χ1) is 8.61. The summed E-state index contributed by atoms with van der Waals surface area (Å²) in [6.45, 7) is 0. The number of nitrogens with zero attached hydrogens (tertiary/aromatic N) is 2. The lowest BCUT2D eigenvalue weighted by Gasteiger charge is -2.02.